The second kappa shape index (κ2) is 8.47. The minimum Gasteiger partial charge on any atom is -0.483 e. The van der Waals surface area contributed by atoms with Crippen molar-refractivity contribution in [3.8, 4) is 11.1 Å². The lowest BCUT2D eigenvalue weighted by atomic mass is 9.83. The molecular formula is C21H17F2N3O3. The molecule has 2 heterocycles. The van der Waals surface area contributed by atoms with Gasteiger partial charge >= 0.3 is 0 Å². The topological polar surface area (TPSA) is 97.8 Å². The van der Waals surface area contributed by atoms with Gasteiger partial charge in [-0.1, -0.05) is 36.4 Å². The van der Waals surface area contributed by atoms with Crippen LogP contribution in [0.1, 0.15) is 11.1 Å². The van der Waals surface area contributed by atoms with Crippen molar-refractivity contribution >= 4 is 12.5 Å². The van der Waals surface area contributed by atoms with Crippen LogP contribution in [0.25, 0.3) is 11.1 Å². The van der Waals surface area contributed by atoms with Gasteiger partial charge in [0.2, 0.25) is 0 Å². The normalized spacial score (nSPS) is 17.5. The van der Waals surface area contributed by atoms with Gasteiger partial charge in [0, 0.05) is 17.3 Å². The molecule has 1 atom stereocenters. The van der Waals surface area contributed by atoms with E-state index in [1.54, 1.807) is 12.1 Å². The number of ether oxygens (including phenoxy) is 1. The van der Waals surface area contributed by atoms with E-state index in [1.807, 2.05) is 30.3 Å². The first-order valence-electron chi connectivity index (χ1n) is 8.53. The predicted molar refractivity (Wildman–Crippen MR) is 103 cm³/mol. The Morgan fingerprint density at radius 1 is 1.03 bits per heavy atom. The third kappa shape index (κ3) is 3.91. The first-order valence-corrected chi connectivity index (χ1v) is 8.53. The first-order chi connectivity index (χ1) is 14.0. The number of halogens is 2. The number of nitrogens with zero attached hydrogens (tertiary/aromatic N) is 2. The fourth-order valence-corrected chi connectivity index (χ4v) is 3.19. The molecule has 0 fully saturated rings. The van der Waals surface area contributed by atoms with Crippen molar-refractivity contribution in [2.75, 3.05) is 6.61 Å². The van der Waals surface area contributed by atoms with Crippen LogP contribution in [0.4, 0.5) is 8.78 Å². The molecule has 8 heteroatoms. The molecular weight excluding hydrogens is 380 g/mol. The van der Waals surface area contributed by atoms with Gasteiger partial charge in [0.15, 0.2) is 5.54 Å². The molecule has 1 aliphatic heterocycles. The van der Waals surface area contributed by atoms with E-state index < -0.39 is 17.2 Å². The Labute approximate surface area is 165 Å². The van der Waals surface area contributed by atoms with Crippen molar-refractivity contribution in [2.45, 2.75) is 5.54 Å². The molecule has 0 saturated heterocycles. The summed E-state index contributed by atoms with van der Waals surface area (Å²) in [4.78, 5) is 16.6. The maximum absolute atomic E-state index is 14.4. The van der Waals surface area contributed by atoms with Crippen LogP contribution >= 0.6 is 0 Å². The zero-order valence-corrected chi connectivity index (χ0v) is 15.1. The summed E-state index contributed by atoms with van der Waals surface area (Å²) in [6.45, 7) is -0.0628. The number of pyridine rings is 1. The summed E-state index contributed by atoms with van der Waals surface area (Å²) >= 11 is 0. The van der Waals surface area contributed by atoms with Gasteiger partial charge in [-0.3, -0.25) is 9.78 Å². The lowest BCUT2D eigenvalue weighted by molar-refractivity contribution is -0.122. The summed E-state index contributed by atoms with van der Waals surface area (Å²) in [6.07, 6.45) is 2.48. The van der Waals surface area contributed by atoms with Crippen molar-refractivity contribution in [3.05, 3.63) is 89.8 Å². The number of aromatic nitrogens is 1. The minimum atomic E-state index is -0.905. The van der Waals surface area contributed by atoms with Gasteiger partial charge in [-0.05, 0) is 29.3 Å². The van der Waals surface area contributed by atoms with Crippen molar-refractivity contribution in [1.82, 2.24) is 4.98 Å². The van der Waals surface area contributed by atoms with Gasteiger partial charge in [0.25, 0.3) is 12.5 Å². The maximum atomic E-state index is 14.4. The highest BCUT2D eigenvalue weighted by molar-refractivity contribution is 5.76. The molecule has 0 bridgehead atoms. The standard InChI is InChI=1S/C20H15F2N3O.CH2O2/c21-17-7-6-14(10-16(17)15-8-9-24-11-18(15)22)20(12-26-19(23)25-20)13-4-2-1-3-5-13;2-1-3/h1-11H,12H2,(H2,23,25);1H,(H,2,3). The van der Waals surface area contributed by atoms with E-state index in [-0.39, 0.29) is 30.2 Å². The van der Waals surface area contributed by atoms with Crippen LogP contribution in [0.15, 0.2) is 72.0 Å². The Morgan fingerprint density at radius 2 is 1.76 bits per heavy atom. The number of benzene rings is 2. The predicted octanol–water partition coefficient (Wildman–Crippen LogP) is 3.32. The molecule has 0 aliphatic carbocycles. The van der Waals surface area contributed by atoms with E-state index >= 15 is 0 Å². The molecule has 3 N–H and O–H groups in total. The third-order valence-electron chi connectivity index (χ3n) is 4.49. The van der Waals surface area contributed by atoms with Crippen LogP contribution < -0.4 is 5.73 Å². The van der Waals surface area contributed by atoms with Crippen molar-refractivity contribution in [3.63, 3.8) is 0 Å². The summed E-state index contributed by atoms with van der Waals surface area (Å²) in [6, 6.07) is 15.5. The monoisotopic (exact) mass is 397 g/mol. The number of amidine groups is 1. The average Bonchev–Trinajstić information content (AvgIpc) is 3.13. The molecule has 0 spiro atoms. The Kier molecular flexibility index (Phi) is 5.82. The van der Waals surface area contributed by atoms with Gasteiger partial charge in [0.05, 0.1) is 6.20 Å². The Hall–Kier alpha value is -3.81. The molecule has 3 aromatic rings. The van der Waals surface area contributed by atoms with Gasteiger partial charge in [-0.15, -0.1) is 0 Å². The second-order valence-corrected chi connectivity index (χ2v) is 6.12. The highest BCUT2D eigenvalue weighted by Gasteiger charge is 2.40. The number of hydrogen-bond donors (Lipinski definition) is 2. The van der Waals surface area contributed by atoms with Crippen molar-refractivity contribution < 1.29 is 23.4 Å². The number of aliphatic imine (C=N–C) groups is 1. The number of carboxylic acid groups (broad SMARTS) is 1. The van der Waals surface area contributed by atoms with E-state index in [0.717, 1.165) is 11.8 Å². The molecule has 1 aliphatic rings. The second-order valence-electron chi connectivity index (χ2n) is 6.12. The fraction of sp³-hybridized carbons (Fsp3) is 0.0952. The van der Waals surface area contributed by atoms with E-state index in [0.29, 0.717) is 5.56 Å². The average molecular weight is 397 g/mol. The molecule has 29 heavy (non-hydrogen) atoms. The highest BCUT2D eigenvalue weighted by atomic mass is 19.1. The molecule has 4 rings (SSSR count). The van der Waals surface area contributed by atoms with Crippen LogP contribution in [-0.4, -0.2) is 29.2 Å². The lowest BCUT2D eigenvalue weighted by Crippen LogP contribution is -2.27. The molecule has 0 radical (unpaired) electrons. The molecule has 1 unspecified atom stereocenters. The number of hydrogen-bond acceptors (Lipinski definition) is 5. The summed E-state index contributed by atoms with van der Waals surface area (Å²) < 4.78 is 34.0. The Bertz CT molecular complexity index is 1040. The SMILES string of the molecule is NC1=NC(c2ccccc2)(c2ccc(F)c(-c3ccncc3F)c2)CO1.O=CO. The largest absolute Gasteiger partial charge is 0.483 e. The first kappa shape index (κ1) is 19.9. The van der Waals surface area contributed by atoms with E-state index in [2.05, 4.69) is 9.98 Å². The highest BCUT2D eigenvalue weighted by Crippen LogP contribution is 2.39. The summed E-state index contributed by atoms with van der Waals surface area (Å²) in [7, 11) is 0. The quantitative estimate of drug-likeness (QED) is 0.661. The molecule has 0 amide bonds. The molecule has 2 aromatic carbocycles. The van der Waals surface area contributed by atoms with Gasteiger partial charge in [0.1, 0.15) is 18.2 Å². The van der Waals surface area contributed by atoms with Crippen LogP contribution in [0, 0.1) is 11.6 Å². The summed E-state index contributed by atoms with van der Waals surface area (Å²) in [5.41, 5.74) is 6.66. The number of rotatable bonds is 3. The van der Waals surface area contributed by atoms with Gasteiger partial charge in [-0.25, -0.2) is 13.8 Å². The van der Waals surface area contributed by atoms with Crippen LogP contribution in [0.3, 0.4) is 0 Å². The minimum absolute atomic E-state index is 0.0646. The van der Waals surface area contributed by atoms with E-state index in [1.165, 1.54) is 18.3 Å². The van der Waals surface area contributed by atoms with Gasteiger partial charge < -0.3 is 15.6 Å². The molecule has 0 saturated carbocycles. The van der Waals surface area contributed by atoms with Crippen LogP contribution in [0.2, 0.25) is 0 Å². The Morgan fingerprint density at radius 3 is 2.38 bits per heavy atom. The molecule has 148 valence electrons. The lowest BCUT2D eigenvalue weighted by Gasteiger charge is -2.26. The van der Waals surface area contributed by atoms with Crippen molar-refractivity contribution in [2.24, 2.45) is 10.7 Å². The smallest absolute Gasteiger partial charge is 0.290 e. The number of nitrogens with two attached hydrogens (primary N) is 1. The van der Waals surface area contributed by atoms with E-state index in [9.17, 15) is 8.78 Å². The third-order valence-corrected chi connectivity index (χ3v) is 4.49. The number of carbonyl (C=O) groups is 1. The fourth-order valence-electron chi connectivity index (χ4n) is 3.19. The zero-order valence-electron chi connectivity index (χ0n) is 15.1. The zero-order chi connectivity index (χ0) is 20.9. The summed E-state index contributed by atoms with van der Waals surface area (Å²) in [5.74, 6) is -1.12. The Balaban J connectivity index is 0.000000755. The molecule has 1 aromatic heterocycles. The molecule has 6 nitrogen and oxygen atoms in total. The van der Waals surface area contributed by atoms with Crippen LogP contribution in [0.5, 0.6) is 0 Å². The van der Waals surface area contributed by atoms with E-state index in [4.69, 9.17) is 20.4 Å². The maximum Gasteiger partial charge on any atom is 0.290 e. The van der Waals surface area contributed by atoms with Crippen LogP contribution in [-0.2, 0) is 15.1 Å². The summed E-state index contributed by atoms with van der Waals surface area (Å²) in [5, 5.41) is 6.89. The van der Waals surface area contributed by atoms with Gasteiger partial charge in [-0.2, -0.15) is 0 Å². The van der Waals surface area contributed by atoms with Crippen molar-refractivity contribution in [1.29, 1.82) is 0 Å².